The number of likely N-dealkylation sites (tertiary alicyclic amines) is 1. The van der Waals surface area contributed by atoms with E-state index in [1.807, 2.05) is 0 Å². The maximum atomic E-state index is 13.8. The summed E-state index contributed by atoms with van der Waals surface area (Å²) in [6.45, 7) is 4.83. The van der Waals surface area contributed by atoms with E-state index in [9.17, 15) is 13.6 Å². The molecule has 0 spiro atoms. The van der Waals surface area contributed by atoms with Gasteiger partial charge in [-0.25, -0.2) is 8.78 Å². The minimum atomic E-state index is -0.663. The van der Waals surface area contributed by atoms with Crippen LogP contribution in [0.5, 0.6) is 0 Å². The third-order valence-electron chi connectivity index (χ3n) is 4.97. The first kappa shape index (κ1) is 18.3. The molecule has 2 aliphatic heterocycles. The number of hydrogen-bond acceptors (Lipinski definition) is 3. The summed E-state index contributed by atoms with van der Waals surface area (Å²) < 4.78 is 32.7. The molecular weight excluding hydrogens is 326 g/mol. The number of halogens is 2. The number of amides is 1. The number of carbonyl (C=O) groups excluding carboxylic acids is 1. The van der Waals surface area contributed by atoms with Crippen molar-refractivity contribution in [2.45, 2.75) is 38.2 Å². The van der Waals surface area contributed by atoms with Crippen LogP contribution in [0.25, 0.3) is 0 Å². The van der Waals surface area contributed by atoms with Crippen molar-refractivity contribution in [1.82, 2.24) is 9.80 Å². The van der Waals surface area contributed by atoms with Crippen molar-refractivity contribution in [2.24, 2.45) is 0 Å². The standard InChI is InChI=1S/C19H26F2N2O2/c20-16-6-5-15(18(21)12-16)11-19(24)23-9-4-10-25-17(14-23)13-22-7-2-1-3-8-22/h5-6,12,17H,1-4,7-11,13-14H2. The van der Waals surface area contributed by atoms with Gasteiger partial charge in [0.05, 0.1) is 12.5 Å². The fourth-order valence-electron chi connectivity index (χ4n) is 3.60. The fourth-order valence-corrected chi connectivity index (χ4v) is 3.60. The Balaban J connectivity index is 1.58. The van der Waals surface area contributed by atoms with Gasteiger partial charge in [-0.1, -0.05) is 12.5 Å². The Bertz CT molecular complexity index is 591. The third-order valence-corrected chi connectivity index (χ3v) is 4.97. The van der Waals surface area contributed by atoms with Crippen molar-refractivity contribution in [2.75, 3.05) is 39.3 Å². The molecular formula is C19H26F2N2O2. The first-order valence-corrected chi connectivity index (χ1v) is 9.17. The topological polar surface area (TPSA) is 32.8 Å². The zero-order valence-corrected chi connectivity index (χ0v) is 14.6. The Labute approximate surface area is 147 Å². The lowest BCUT2D eigenvalue weighted by Crippen LogP contribution is -2.44. The number of hydrogen-bond donors (Lipinski definition) is 0. The van der Waals surface area contributed by atoms with E-state index >= 15 is 0 Å². The van der Waals surface area contributed by atoms with Crippen LogP contribution in [0, 0.1) is 11.6 Å². The van der Waals surface area contributed by atoms with Gasteiger partial charge in [0.15, 0.2) is 0 Å². The summed E-state index contributed by atoms with van der Waals surface area (Å²) in [5.41, 5.74) is 0.240. The monoisotopic (exact) mass is 352 g/mol. The Morgan fingerprint density at radius 2 is 1.92 bits per heavy atom. The smallest absolute Gasteiger partial charge is 0.227 e. The summed E-state index contributed by atoms with van der Waals surface area (Å²) in [6, 6.07) is 3.37. The van der Waals surface area contributed by atoms with Gasteiger partial charge in [0.1, 0.15) is 11.6 Å². The quantitative estimate of drug-likeness (QED) is 0.835. The zero-order chi connectivity index (χ0) is 17.6. The molecule has 2 heterocycles. The van der Waals surface area contributed by atoms with Gasteiger partial charge in [-0.05, 0) is 44.0 Å². The number of carbonyl (C=O) groups is 1. The molecule has 1 unspecified atom stereocenters. The summed E-state index contributed by atoms with van der Waals surface area (Å²) in [7, 11) is 0. The van der Waals surface area contributed by atoms with E-state index in [-0.39, 0.29) is 24.0 Å². The minimum Gasteiger partial charge on any atom is -0.375 e. The van der Waals surface area contributed by atoms with Gasteiger partial charge in [0.2, 0.25) is 5.91 Å². The number of piperidine rings is 1. The molecule has 1 amide bonds. The average molecular weight is 352 g/mol. The lowest BCUT2D eigenvalue weighted by atomic mass is 10.1. The van der Waals surface area contributed by atoms with Gasteiger partial charge in [0, 0.05) is 32.3 Å². The molecule has 0 N–H and O–H groups in total. The van der Waals surface area contributed by atoms with E-state index in [2.05, 4.69) is 4.90 Å². The van der Waals surface area contributed by atoms with Crippen LogP contribution in [0.15, 0.2) is 18.2 Å². The van der Waals surface area contributed by atoms with Crippen LogP contribution in [0.1, 0.15) is 31.2 Å². The molecule has 1 atom stereocenters. The van der Waals surface area contributed by atoms with E-state index in [1.165, 1.54) is 31.4 Å². The highest BCUT2D eigenvalue weighted by molar-refractivity contribution is 5.78. The van der Waals surface area contributed by atoms with Crippen LogP contribution in [0.3, 0.4) is 0 Å². The van der Waals surface area contributed by atoms with Gasteiger partial charge in [-0.2, -0.15) is 0 Å². The fraction of sp³-hybridized carbons (Fsp3) is 0.632. The Morgan fingerprint density at radius 1 is 1.12 bits per heavy atom. The number of rotatable bonds is 4. The molecule has 2 saturated heterocycles. The molecule has 4 nitrogen and oxygen atoms in total. The van der Waals surface area contributed by atoms with Crippen molar-refractivity contribution in [3.8, 4) is 0 Å². The number of nitrogens with zero attached hydrogens (tertiary/aromatic N) is 2. The normalized spacial score (nSPS) is 22.6. The van der Waals surface area contributed by atoms with E-state index < -0.39 is 11.6 Å². The van der Waals surface area contributed by atoms with E-state index in [4.69, 9.17) is 4.74 Å². The molecule has 2 fully saturated rings. The predicted molar refractivity (Wildman–Crippen MR) is 91.3 cm³/mol. The summed E-state index contributed by atoms with van der Waals surface area (Å²) in [4.78, 5) is 16.8. The van der Waals surface area contributed by atoms with Crippen LogP contribution in [-0.2, 0) is 16.0 Å². The molecule has 0 aromatic heterocycles. The largest absolute Gasteiger partial charge is 0.375 e. The Morgan fingerprint density at radius 3 is 2.68 bits per heavy atom. The van der Waals surface area contributed by atoms with E-state index in [0.717, 1.165) is 32.1 Å². The Kier molecular flexibility index (Phi) is 6.37. The first-order valence-electron chi connectivity index (χ1n) is 9.17. The second-order valence-electron chi connectivity index (χ2n) is 6.96. The van der Waals surface area contributed by atoms with Crippen LogP contribution in [0.4, 0.5) is 8.78 Å². The molecule has 0 bridgehead atoms. The van der Waals surface area contributed by atoms with E-state index in [0.29, 0.717) is 19.7 Å². The van der Waals surface area contributed by atoms with Crippen molar-refractivity contribution < 1.29 is 18.3 Å². The van der Waals surface area contributed by atoms with Crippen molar-refractivity contribution >= 4 is 5.91 Å². The lowest BCUT2D eigenvalue weighted by Gasteiger charge is -2.31. The molecule has 2 aliphatic rings. The predicted octanol–water partition coefficient (Wildman–Crippen LogP) is 2.61. The van der Waals surface area contributed by atoms with Crippen LogP contribution < -0.4 is 0 Å². The highest BCUT2D eigenvalue weighted by atomic mass is 19.1. The molecule has 6 heteroatoms. The van der Waals surface area contributed by atoms with Crippen LogP contribution >= 0.6 is 0 Å². The molecule has 1 aromatic rings. The second-order valence-corrected chi connectivity index (χ2v) is 6.96. The SMILES string of the molecule is O=C(Cc1ccc(F)cc1F)N1CCCOC(CN2CCCCC2)C1. The Hall–Kier alpha value is -1.53. The maximum Gasteiger partial charge on any atom is 0.227 e. The van der Waals surface area contributed by atoms with Crippen LogP contribution in [-0.4, -0.2) is 61.1 Å². The molecule has 0 radical (unpaired) electrons. The zero-order valence-electron chi connectivity index (χ0n) is 14.6. The van der Waals surface area contributed by atoms with Gasteiger partial charge >= 0.3 is 0 Å². The summed E-state index contributed by atoms with van der Waals surface area (Å²) in [6.07, 6.45) is 4.48. The van der Waals surface area contributed by atoms with Gasteiger partial charge in [-0.15, -0.1) is 0 Å². The highest BCUT2D eigenvalue weighted by Gasteiger charge is 2.25. The van der Waals surface area contributed by atoms with Crippen molar-refractivity contribution in [1.29, 1.82) is 0 Å². The van der Waals surface area contributed by atoms with Crippen LogP contribution in [0.2, 0.25) is 0 Å². The van der Waals surface area contributed by atoms with Crippen molar-refractivity contribution in [3.05, 3.63) is 35.4 Å². The summed E-state index contributed by atoms with van der Waals surface area (Å²) >= 11 is 0. The molecule has 3 rings (SSSR count). The minimum absolute atomic E-state index is 0.00242. The second kappa shape index (κ2) is 8.72. The molecule has 1 aromatic carbocycles. The summed E-state index contributed by atoms with van der Waals surface area (Å²) in [5.74, 6) is -1.41. The first-order chi connectivity index (χ1) is 12.1. The van der Waals surface area contributed by atoms with E-state index in [1.54, 1.807) is 4.90 Å². The summed E-state index contributed by atoms with van der Waals surface area (Å²) in [5, 5.41) is 0. The molecule has 0 saturated carbocycles. The van der Waals surface area contributed by atoms with Crippen molar-refractivity contribution in [3.63, 3.8) is 0 Å². The highest BCUT2D eigenvalue weighted by Crippen LogP contribution is 2.15. The maximum absolute atomic E-state index is 13.8. The van der Waals surface area contributed by atoms with Gasteiger partial charge < -0.3 is 14.5 Å². The number of benzene rings is 1. The molecule has 0 aliphatic carbocycles. The van der Waals surface area contributed by atoms with Gasteiger partial charge in [-0.3, -0.25) is 4.79 Å². The number of ether oxygens (including phenoxy) is 1. The average Bonchev–Trinajstić information content (AvgIpc) is 2.84. The van der Waals surface area contributed by atoms with Gasteiger partial charge in [0.25, 0.3) is 0 Å². The molecule has 138 valence electrons. The third kappa shape index (κ3) is 5.22. The lowest BCUT2D eigenvalue weighted by molar-refractivity contribution is -0.131. The molecule has 25 heavy (non-hydrogen) atoms.